The van der Waals surface area contributed by atoms with Crippen LogP contribution in [-0.2, 0) is 4.79 Å². The van der Waals surface area contributed by atoms with Gasteiger partial charge < -0.3 is 15.2 Å². The van der Waals surface area contributed by atoms with Gasteiger partial charge in [-0.15, -0.1) is 0 Å². The SMILES string of the molecule is CCC.CCOc1cccc(/C=N/NC(=S)C(=O)Nc2ccc(F)cc2)c1O. The van der Waals surface area contributed by atoms with Crippen molar-refractivity contribution in [2.24, 2.45) is 5.10 Å². The van der Waals surface area contributed by atoms with Crippen molar-refractivity contribution in [3.05, 3.63) is 53.8 Å². The number of para-hydroxylation sites is 1. The fourth-order valence-electron chi connectivity index (χ4n) is 1.85. The highest BCUT2D eigenvalue weighted by atomic mass is 32.1. The second-order valence-electron chi connectivity index (χ2n) is 5.49. The lowest BCUT2D eigenvalue weighted by Crippen LogP contribution is -2.30. The van der Waals surface area contributed by atoms with E-state index in [0.29, 0.717) is 23.6 Å². The summed E-state index contributed by atoms with van der Waals surface area (Å²) in [6.45, 7) is 6.47. The minimum Gasteiger partial charge on any atom is -0.504 e. The monoisotopic (exact) mass is 405 g/mol. The van der Waals surface area contributed by atoms with Crippen LogP contribution >= 0.6 is 12.2 Å². The summed E-state index contributed by atoms with van der Waals surface area (Å²) in [6.07, 6.45) is 2.56. The molecule has 0 aliphatic rings. The standard InChI is InChI=1S/C17H16FN3O3S.C3H8/c1-2-24-14-5-3-4-11(15(14)22)10-19-21-17(25)16(23)20-13-8-6-12(18)7-9-13;1-3-2/h3-10,22H,2H2,1H3,(H,20,23)(H,21,25);3H2,1-2H3/b19-10+;. The van der Waals surface area contributed by atoms with Crippen molar-refractivity contribution in [1.82, 2.24) is 5.43 Å². The third-order valence-electron chi connectivity index (χ3n) is 3.01. The maximum atomic E-state index is 12.8. The molecule has 2 aromatic rings. The largest absolute Gasteiger partial charge is 0.504 e. The van der Waals surface area contributed by atoms with Crippen LogP contribution in [-0.4, -0.2) is 28.8 Å². The van der Waals surface area contributed by atoms with Crippen LogP contribution in [0, 0.1) is 5.82 Å². The number of rotatable bonds is 5. The van der Waals surface area contributed by atoms with Crippen LogP contribution in [0.15, 0.2) is 47.6 Å². The van der Waals surface area contributed by atoms with E-state index < -0.39 is 11.7 Å². The lowest BCUT2D eigenvalue weighted by molar-refractivity contribution is -0.110. The molecule has 0 saturated heterocycles. The summed E-state index contributed by atoms with van der Waals surface area (Å²) in [5.74, 6) is -0.719. The molecule has 0 heterocycles. The average Bonchev–Trinajstić information content (AvgIpc) is 2.67. The summed E-state index contributed by atoms with van der Waals surface area (Å²) in [5.41, 5.74) is 3.21. The highest BCUT2D eigenvalue weighted by Gasteiger charge is 2.09. The molecule has 2 rings (SSSR count). The van der Waals surface area contributed by atoms with Gasteiger partial charge in [0.2, 0.25) is 0 Å². The number of amides is 1. The number of nitrogens with one attached hydrogen (secondary N) is 2. The molecule has 1 amide bonds. The van der Waals surface area contributed by atoms with Gasteiger partial charge in [-0.3, -0.25) is 10.2 Å². The lowest BCUT2D eigenvalue weighted by Gasteiger charge is -2.07. The second-order valence-corrected chi connectivity index (χ2v) is 5.90. The zero-order valence-electron chi connectivity index (χ0n) is 16.0. The van der Waals surface area contributed by atoms with E-state index >= 15 is 0 Å². The van der Waals surface area contributed by atoms with Gasteiger partial charge in [0.15, 0.2) is 16.5 Å². The highest BCUT2D eigenvalue weighted by Crippen LogP contribution is 2.28. The Bertz CT molecular complexity index is 811. The van der Waals surface area contributed by atoms with Crippen molar-refractivity contribution in [3.8, 4) is 11.5 Å². The van der Waals surface area contributed by atoms with E-state index in [4.69, 9.17) is 17.0 Å². The van der Waals surface area contributed by atoms with Gasteiger partial charge in [0.1, 0.15) is 5.82 Å². The third kappa shape index (κ3) is 7.71. The molecule has 0 aliphatic heterocycles. The Balaban J connectivity index is 0.00000122. The molecule has 150 valence electrons. The average molecular weight is 405 g/mol. The smallest absolute Gasteiger partial charge is 0.284 e. The molecule has 0 aliphatic carbocycles. The molecular formula is C20H24FN3O3S. The second kappa shape index (κ2) is 12.4. The van der Waals surface area contributed by atoms with E-state index in [1.54, 1.807) is 25.1 Å². The summed E-state index contributed by atoms with van der Waals surface area (Å²) in [7, 11) is 0. The summed E-state index contributed by atoms with van der Waals surface area (Å²) < 4.78 is 18.1. The van der Waals surface area contributed by atoms with E-state index in [9.17, 15) is 14.3 Å². The van der Waals surface area contributed by atoms with Gasteiger partial charge in [-0.1, -0.05) is 38.6 Å². The molecule has 3 N–H and O–H groups in total. The van der Waals surface area contributed by atoms with Gasteiger partial charge in [0.05, 0.1) is 12.8 Å². The van der Waals surface area contributed by atoms with E-state index in [1.165, 1.54) is 36.9 Å². The third-order valence-corrected chi connectivity index (χ3v) is 3.28. The number of halogens is 1. The number of ether oxygens (including phenoxy) is 1. The molecule has 0 fully saturated rings. The first kappa shape index (κ1) is 23.0. The van der Waals surface area contributed by atoms with E-state index in [1.807, 2.05) is 0 Å². The number of phenolic OH excluding ortho intramolecular Hbond substituents is 1. The minimum atomic E-state index is -0.592. The Labute approximate surface area is 169 Å². The Morgan fingerprint density at radius 2 is 1.86 bits per heavy atom. The molecule has 0 spiro atoms. The van der Waals surface area contributed by atoms with Crippen LogP contribution in [0.2, 0.25) is 0 Å². The highest BCUT2D eigenvalue weighted by molar-refractivity contribution is 7.82. The van der Waals surface area contributed by atoms with E-state index in [-0.39, 0.29) is 10.7 Å². The summed E-state index contributed by atoms with van der Waals surface area (Å²) in [4.78, 5) is 11.7. The van der Waals surface area contributed by atoms with Gasteiger partial charge in [-0.25, -0.2) is 4.39 Å². The zero-order chi connectivity index (χ0) is 20.9. The number of nitrogens with zero attached hydrogens (tertiary/aromatic N) is 1. The molecule has 8 heteroatoms. The maximum absolute atomic E-state index is 12.8. The Hall–Kier alpha value is -3.00. The van der Waals surface area contributed by atoms with Crippen molar-refractivity contribution in [2.45, 2.75) is 27.2 Å². The van der Waals surface area contributed by atoms with Gasteiger partial charge in [-0.2, -0.15) is 5.10 Å². The number of carbonyl (C=O) groups excluding carboxylic acids is 1. The number of thiocarbonyl (C=S) groups is 1. The van der Waals surface area contributed by atoms with Gasteiger partial charge in [0, 0.05) is 11.3 Å². The molecule has 0 saturated carbocycles. The molecule has 0 aromatic heterocycles. The Morgan fingerprint density at radius 3 is 2.46 bits per heavy atom. The van der Waals surface area contributed by atoms with Crippen LogP contribution in [0.4, 0.5) is 10.1 Å². The zero-order valence-corrected chi connectivity index (χ0v) is 16.8. The first-order chi connectivity index (χ1) is 13.4. The molecule has 0 bridgehead atoms. The molecule has 0 atom stereocenters. The molecule has 2 aromatic carbocycles. The fraction of sp³-hybridized carbons (Fsp3) is 0.250. The Morgan fingerprint density at radius 1 is 1.21 bits per heavy atom. The van der Waals surface area contributed by atoms with Crippen molar-refractivity contribution >= 4 is 35.0 Å². The lowest BCUT2D eigenvalue weighted by atomic mass is 10.2. The first-order valence-corrected chi connectivity index (χ1v) is 9.18. The van der Waals surface area contributed by atoms with Crippen molar-refractivity contribution in [2.75, 3.05) is 11.9 Å². The van der Waals surface area contributed by atoms with Crippen molar-refractivity contribution in [3.63, 3.8) is 0 Å². The van der Waals surface area contributed by atoms with Crippen LogP contribution in [0.3, 0.4) is 0 Å². The van der Waals surface area contributed by atoms with Gasteiger partial charge in [-0.05, 0) is 43.3 Å². The first-order valence-electron chi connectivity index (χ1n) is 8.77. The number of hydrogen-bond acceptors (Lipinski definition) is 5. The number of hydrogen-bond donors (Lipinski definition) is 3. The molecular weight excluding hydrogens is 381 g/mol. The number of anilines is 1. The summed E-state index contributed by atoms with van der Waals surface area (Å²) >= 11 is 4.92. The predicted molar refractivity (Wildman–Crippen MR) is 114 cm³/mol. The molecule has 28 heavy (non-hydrogen) atoms. The molecule has 6 nitrogen and oxygen atoms in total. The number of aromatic hydroxyl groups is 1. The number of phenols is 1. The number of benzene rings is 2. The summed E-state index contributed by atoms with van der Waals surface area (Å²) in [5, 5.41) is 16.4. The number of carbonyl (C=O) groups is 1. The van der Waals surface area contributed by atoms with Gasteiger partial charge >= 0.3 is 0 Å². The summed E-state index contributed by atoms with van der Waals surface area (Å²) in [6, 6.07) is 10.2. The Kier molecular flexibility index (Phi) is 10.2. The topological polar surface area (TPSA) is 83.0 Å². The molecule has 0 radical (unpaired) electrons. The van der Waals surface area contributed by atoms with E-state index in [2.05, 4.69) is 29.7 Å². The normalized spacial score (nSPS) is 10.0. The number of hydrazone groups is 1. The van der Waals surface area contributed by atoms with Gasteiger partial charge in [0.25, 0.3) is 5.91 Å². The van der Waals surface area contributed by atoms with Crippen LogP contribution in [0.1, 0.15) is 32.8 Å². The van der Waals surface area contributed by atoms with Crippen LogP contribution < -0.4 is 15.5 Å². The van der Waals surface area contributed by atoms with Crippen molar-refractivity contribution < 1.29 is 19.0 Å². The maximum Gasteiger partial charge on any atom is 0.284 e. The van der Waals surface area contributed by atoms with Crippen LogP contribution in [0.5, 0.6) is 11.5 Å². The van der Waals surface area contributed by atoms with Crippen molar-refractivity contribution in [1.29, 1.82) is 0 Å². The molecule has 0 unspecified atom stereocenters. The minimum absolute atomic E-state index is 0.0587. The van der Waals surface area contributed by atoms with E-state index in [0.717, 1.165) is 0 Å². The predicted octanol–water partition coefficient (Wildman–Crippen LogP) is 4.24. The quantitative estimate of drug-likeness (QED) is 0.394. The van der Waals surface area contributed by atoms with Crippen LogP contribution in [0.25, 0.3) is 0 Å². The fourth-order valence-corrected chi connectivity index (χ4v) is 1.95.